The number of hydrogen-bond donors (Lipinski definition) is 1. The lowest BCUT2D eigenvalue weighted by molar-refractivity contribution is 0.389. The van der Waals surface area contributed by atoms with Crippen molar-refractivity contribution in [3.05, 3.63) is 35.9 Å². The second-order valence-corrected chi connectivity index (χ2v) is 6.67. The molecular weight excluding hydrogens is 316 g/mol. The second-order valence-electron chi connectivity index (χ2n) is 6.67. The van der Waals surface area contributed by atoms with Crippen LogP contribution in [0.4, 0.5) is 0 Å². The van der Waals surface area contributed by atoms with Gasteiger partial charge in [-0.25, -0.2) is 0 Å². The van der Waals surface area contributed by atoms with Crippen LogP contribution in [-0.2, 0) is 6.54 Å². The fraction of sp³-hybridized carbons (Fsp3) is 0.714. The van der Waals surface area contributed by atoms with Crippen molar-refractivity contribution in [3.63, 3.8) is 0 Å². The lowest BCUT2D eigenvalue weighted by Crippen LogP contribution is -2.12. The Morgan fingerprint density at radius 2 is 1.21 bits per heavy atom. The average Bonchev–Trinajstić information content (AvgIpc) is 2.57. The molecule has 0 aliphatic carbocycles. The van der Waals surface area contributed by atoms with Gasteiger partial charge in [0.25, 0.3) is 0 Å². The third kappa shape index (κ3) is 19.5. The maximum Gasteiger partial charge on any atom is 0.0178 e. The van der Waals surface area contributed by atoms with E-state index in [1.165, 1.54) is 76.3 Å². The van der Waals surface area contributed by atoms with E-state index in [-0.39, 0.29) is 12.4 Å². The molecule has 1 rings (SSSR count). The molecule has 24 heavy (non-hydrogen) atoms. The molecular formula is C21H41ClN2. The molecule has 2 nitrogen and oxygen atoms in total. The van der Waals surface area contributed by atoms with Crippen molar-refractivity contribution in [3.8, 4) is 0 Å². The monoisotopic (exact) mass is 356 g/mol. The number of halogens is 1. The van der Waals surface area contributed by atoms with Gasteiger partial charge in [-0.1, -0.05) is 95.0 Å². The highest BCUT2D eigenvalue weighted by molar-refractivity contribution is 5.85. The van der Waals surface area contributed by atoms with Crippen molar-refractivity contribution in [2.45, 2.75) is 77.7 Å². The molecule has 3 heteroatoms. The minimum Gasteiger partial charge on any atom is -0.326 e. The number of unbranched alkanes of at least 4 members (excludes halogenated alkanes) is 9. The number of nitrogens with two attached hydrogens (primary N) is 1. The number of nitrogens with zero attached hydrogens (tertiary/aromatic N) is 1. The molecule has 0 aliphatic rings. The molecule has 0 amide bonds. The van der Waals surface area contributed by atoms with Gasteiger partial charge in [0.1, 0.15) is 0 Å². The van der Waals surface area contributed by atoms with Crippen LogP contribution in [0, 0.1) is 0 Å². The van der Waals surface area contributed by atoms with Crippen LogP contribution < -0.4 is 5.73 Å². The Labute approximate surface area is 157 Å². The lowest BCUT2D eigenvalue weighted by atomic mass is 10.1. The van der Waals surface area contributed by atoms with Crippen molar-refractivity contribution < 1.29 is 0 Å². The Kier molecular flexibility index (Phi) is 21.9. The van der Waals surface area contributed by atoms with Crippen LogP contribution in [0.25, 0.3) is 0 Å². The molecule has 0 radical (unpaired) electrons. The second kappa shape index (κ2) is 20.5. The van der Waals surface area contributed by atoms with Crippen LogP contribution in [0.15, 0.2) is 30.3 Å². The molecule has 0 saturated heterocycles. The maximum atomic E-state index is 5.35. The molecule has 0 aliphatic heterocycles. The van der Waals surface area contributed by atoms with Gasteiger partial charge in [0, 0.05) is 6.54 Å². The van der Waals surface area contributed by atoms with Gasteiger partial charge in [-0.3, -0.25) is 0 Å². The lowest BCUT2D eigenvalue weighted by Gasteiger charge is -2.08. The molecule has 142 valence electrons. The quantitative estimate of drug-likeness (QED) is 0.463. The Balaban J connectivity index is 0. The van der Waals surface area contributed by atoms with E-state index in [0.29, 0.717) is 6.54 Å². The summed E-state index contributed by atoms with van der Waals surface area (Å²) >= 11 is 0. The SMILES string of the molecule is CCCCCCCCCCCCN(C)C.Cl.NCc1ccccc1. The molecule has 0 fully saturated rings. The standard InChI is InChI=1S/C14H31N.C7H9N.ClH/c1-4-5-6-7-8-9-10-11-12-13-14-15(2)3;8-6-7-4-2-1-3-5-7;/h4-14H2,1-3H3;1-5H,6,8H2;1H. The zero-order valence-electron chi connectivity index (χ0n) is 16.3. The zero-order chi connectivity index (χ0) is 17.2. The Morgan fingerprint density at radius 1 is 0.750 bits per heavy atom. The topological polar surface area (TPSA) is 29.3 Å². The molecule has 0 aromatic heterocycles. The number of hydrogen-bond acceptors (Lipinski definition) is 2. The van der Waals surface area contributed by atoms with Gasteiger partial charge in [0.2, 0.25) is 0 Å². The zero-order valence-corrected chi connectivity index (χ0v) is 17.1. The molecule has 2 N–H and O–H groups in total. The normalized spacial score (nSPS) is 10.0. The molecule has 1 aromatic carbocycles. The minimum atomic E-state index is 0. The van der Waals surface area contributed by atoms with Crippen molar-refractivity contribution >= 4 is 12.4 Å². The van der Waals surface area contributed by atoms with Crippen molar-refractivity contribution in [1.82, 2.24) is 4.90 Å². The summed E-state index contributed by atoms with van der Waals surface area (Å²) in [5, 5.41) is 0. The summed E-state index contributed by atoms with van der Waals surface area (Å²) in [6, 6.07) is 9.99. The van der Waals surface area contributed by atoms with Gasteiger partial charge < -0.3 is 10.6 Å². The van der Waals surface area contributed by atoms with E-state index in [9.17, 15) is 0 Å². The van der Waals surface area contributed by atoms with Crippen LogP contribution >= 0.6 is 12.4 Å². The number of benzene rings is 1. The van der Waals surface area contributed by atoms with E-state index >= 15 is 0 Å². The van der Waals surface area contributed by atoms with Crippen LogP contribution in [-0.4, -0.2) is 25.5 Å². The van der Waals surface area contributed by atoms with E-state index in [1.807, 2.05) is 30.3 Å². The van der Waals surface area contributed by atoms with Gasteiger partial charge in [0.05, 0.1) is 0 Å². The predicted molar refractivity (Wildman–Crippen MR) is 112 cm³/mol. The summed E-state index contributed by atoms with van der Waals surface area (Å²) < 4.78 is 0. The van der Waals surface area contributed by atoms with Crippen LogP contribution in [0.2, 0.25) is 0 Å². The first-order valence-corrected chi connectivity index (χ1v) is 9.59. The Morgan fingerprint density at radius 3 is 1.58 bits per heavy atom. The summed E-state index contributed by atoms with van der Waals surface area (Å²) in [5.74, 6) is 0. The minimum absolute atomic E-state index is 0. The first-order chi connectivity index (χ1) is 11.2. The van der Waals surface area contributed by atoms with Crippen LogP contribution in [0.1, 0.15) is 76.7 Å². The van der Waals surface area contributed by atoms with Gasteiger partial charge in [-0.2, -0.15) is 0 Å². The van der Waals surface area contributed by atoms with Crippen molar-refractivity contribution in [2.75, 3.05) is 20.6 Å². The maximum absolute atomic E-state index is 5.35. The third-order valence-electron chi connectivity index (χ3n) is 4.04. The van der Waals surface area contributed by atoms with Gasteiger partial charge in [-0.05, 0) is 32.6 Å². The van der Waals surface area contributed by atoms with Crippen molar-refractivity contribution in [2.24, 2.45) is 5.73 Å². The Hall–Kier alpha value is -0.570. The van der Waals surface area contributed by atoms with Crippen LogP contribution in [0.5, 0.6) is 0 Å². The molecule has 0 spiro atoms. The average molecular weight is 357 g/mol. The fourth-order valence-electron chi connectivity index (χ4n) is 2.53. The van der Waals surface area contributed by atoms with Gasteiger partial charge in [-0.15, -0.1) is 12.4 Å². The highest BCUT2D eigenvalue weighted by atomic mass is 35.5. The third-order valence-corrected chi connectivity index (χ3v) is 4.04. The van der Waals surface area contributed by atoms with E-state index in [0.717, 1.165) is 0 Å². The molecule has 0 bridgehead atoms. The largest absolute Gasteiger partial charge is 0.326 e. The van der Waals surface area contributed by atoms with E-state index in [2.05, 4.69) is 25.9 Å². The van der Waals surface area contributed by atoms with Crippen LogP contribution in [0.3, 0.4) is 0 Å². The smallest absolute Gasteiger partial charge is 0.0178 e. The molecule has 1 aromatic rings. The summed E-state index contributed by atoms with van der Waals surface area (Å²) in [5.41, 5.74) is 6.54. The van der Waals surface area contributed by atoms with Gasteiger partial charge in [0.15, 0.2) is 0 Å². The molecule has 0 atom stereocenters. The fourth-order valence-corrected chi connectivity index (χ4v) is 2.53. The summed E-state index contributed by atoms with van der Waals surface area (Å²) in [6.07, 6.45) is 14.4. The molecule has 0 unspecified atom stereocenters. The summed E-state index contributed by atoms with van der Waals surface area (Å²) in [7, 11) is 4.32. The molecule has 0 heterocycles. The van der Waals surface area contributed by atoms with E-state index in [4.69, 9.17) is 5.73 Å². The summed E-state index contributed by atoms with van der Waals surface area (Å²) in [6.45, 7) is 4.18. The van der Waals surface area contributed by atoms with Crippen molar-refractivity contribution in [1.29, 1.82) is 0 Å². The molecule has 0 saturated carbocycles. The first-order valence-electron chi connectivity index (χ1n) is 9.59. The first kappa shape index (κ1) is 25.7. The van der Waals surface area contributed by atoms with E-state index < -0.39 is 0 Å². The predicted octanol–water partition coefficient (Wildman–Crippen LogP) is 6.04. The Bertz CT molecular complexity index is 328. The van der Waals surface area contributed by atoms with Gasteiger partial charge >= 0.3 is 0 Å². The number of rotatable bonds is 12. The summed E-state index contributed by atoms with van der Waals surface area (Å²) in [4.78, 5) is 2.28. The van der Waals surface area contributed by atoms with E-state index in [1.54, 1.807) is 0 Å². The highest BCUT2D eigenvalue weighted by Gasteiger charge is 1.93. The highest BCUT2D eigenvalue weighted by Crippen LogP contribution is 2.10.